The van der Waals surface area contributed by atoms with Crippen LogP contribution in [-0.4, -0.2) is 142 Å². The van der Waals surface area contributed by atoms with E-state index in [0.29, 0.717) is 74.2 Å². The van der Waals surface area contributed by atoms with Crippen molar-refractivity contribution in [2.45, 2.75) is 174 Å². The number of ketones is 3. The smallest absolute Gasteiger partial charge is 0.333 e. The number of hydrogen-bond acceptors (Lipinski definition) is 16. The summed E-state index contributed by atoms with van der Waals surface area (Å²) in [5.74, 6) is -10.1. The summed E-state index contributed by atoms with van der Waals surface area (Å²) in [6.07, 6.45) is 8.89. The first-order valence-corrected chi connectivity index (χ1v) is 24.8. The maximum Gasteiger partial charge on any atom is 0.333 e. The average Bonchev–Trinajstić information content (AvgIpc) is 3.30. The van der Waals surface area contributed by atoms with Crippen LogP contribution in [-0.2, 0) is 52.6 Å². The second kappa shape index (κ2) is 26.5. The number of hydrogen-bond donors (Lipinski definition) is 4. The summed E-state index contributed by atoms with van der Waals surface area (Å²) in [5.41, 5.74) is 0.954. The van der Waals surface area contributed by atoms with E-state index in [-0.39, 0.29) is 49.2 Å². The quantitative estimate of drug-likeness (QED) is 0.106. The molecule has 15 atom stereocenters. The molecule has 0 spiro atoms. The molecule has 0 unspecified atom stereocenters. The maximum absolute atomic E-state index is 14.4. The Balaban J connectivity index is 1.69. The topological polar surface area (TPSA) is 236 Å². The van der Waals surface area contributed by atoms with Crippen LogP contribution in [0.25, 0.3) is 0 Å². The van der Waals surface area contributed by atoms with E-state index >= 15 is 0 Å². The third-order valence-electron chi connectivity index (χ3n) is 14.8. The van der Waals surface area contributed by atoms with E-state index in [1.54, 1.807) is 58.9 Å². The number of allylic oxidation sites excluding steroid dienone is 6. The summed E-state index contributed by atoms with van der Waals surface area (Å²) in [5, 5.41) is 44.3. The molecule has 4 aliphatic rings. The van der Waals surface area contributed by atoms with E-state index in [9.17, 15) is 49.3 Å². The van der Waals surface area contributed by atoms with Gasteiger partial charge in [0.25, 0.3) is 11.7 Å². The molecule has 1 amide bonds. The van der Waals surface area contributed by atoms with Crippen molar-refractivity contribution in [1.29, 1.82) is 0 Å². The number of esters is 1. The number of carbonyl (C=O) groups is 6. The van der Waals surface area contributed by atoms with Crippen molar-refractivity contribution in [2.24, 2.45) is 41.4 Å². The van der Waals surface area contributed by atoms with Gasteiger partial charge in [0.2, 0.25) is 5.79 Å². The predicted octanol–water partition coefficient (Wildman–Crippen LogP) is 5.56. The standard InChI is InChI=1S/C52H80N2O15/c1-30-16-12-11-13-17-31(2)41(55)28-38-21-19-36(7)52(63,68-38)48(59)49(60)54-23-15-14-18-40(54)51(62)67-43(33(4)26-37-20-22-39(44(27-37)65-9)50(61)69-53(8)64)29-42(56)32(3)25-35(6)46(58)47(66-10)45(57)34(5)24-30/h11-13,16-17,25,30,32-34,36-41,43-44,46-47,55,58,63-64H,14-15,18-24,26-29H2,1-10H3/b13-11+,16-12-,31-17+,35-25+/t30-,32-,33-,34-,36-,37+,38+,39-,40+,41+,43+,44-,46-,47+,52-/m1/s1. The van der Waals surface area contributed by atoms with Crippen LogP contribution in [0.3, 0.4) is 0 Å². The minimum absolute atomic E-state index is 0.0250. The lowest BCUT2D eigenvalue weighted by molar-refractivity contribution is -0.306. The Labute approximate surface area is 408 Å². The van der Waals surface area contributed by atoms with Crippen molar-refractivity contribution >= 4 is 35.2 Å². The zero-order valence-corrected chi connectivity index (χ0v) is 42.4. The number of piperidine rings is 1. The number of ether oxygens (including phenoxy) is 4. The number of Topliss-reactive ketones (excluding diaryl/α,β-unsaturated/α-hetero) is 3. The van der Waals surface area contributed by atoms with E-state index in [4.69, 9.17) is 23.8 Å². The Morgan fingerprint density at radius 3 is 2.29 bits per heavy atom. The Bertz CT molecular complexity index is 1910. The fraction of sp³-hybridized carbons (Fsp3) is 0.731. The Hall–Kier alpha value is -3.94. The van der Waals surface area contributed by atoms with E-state index in [0.717, 1.165) is 4.90 Å². The van der Waals surface area contributed by atoms with Crippen LogP contribution in [0.4, 0.5) is 0 Å². The van der Waals surface area contributed by atoms with Crippen molar-refractivity contribution < 1.29 is 73.1 Å². The SMILES string of the molecule is CO[C@@H]1C[C@H](C[C@@H](C)[C@@H]2CC(=O)[C@H](C)/C=C(\C)[C@@H](O)[C@@H](OC)C(=O)[C@H](C)C[C@H](C)\C=C/C=C/C=C(\C)[C@@H](O)C[C@@H]3CC[C@@H](C)[C@@](O)(O3)C(=O)C(=O)N3CCCC[C@H]3C(=O)O2)CC[C@H]1C(=O)ON(C)O. The summed E-state index contributed by atoms with van der Waals surface area (Å²) in [4.78, 5) is 89.5. The Kier molecular flexibility index (Phi) is 22.1. The van der Waals surface area contributed by atoms with Gasteiger partial charge in [-0.05, 0) is 112 Å². The van der Waals surface area contributed by atoms with Crippen LogP contribution in [0, 0.1) is 41.4 Å². The molecule has 3 fully saturated rings. The van der Waals surface area contributed by atoms with Gasteiger partial charge in [0, 0.05) is 51.4 Å². The van der Waals surface area contributed by atoms with Gasteiger partial charge in [-0.2, -0.15) is 0 Å². The first kappa shape index (κ1) is 57.6. The summed E-state index contributed by atoms with van der Waals surface area (Å²) in [6, 6.07) is -1.21. The largest absolute Gasteiger partial charge is 0.460 e. The van der Waals surface area contributed by atoms with E-state index in [1.807, 2.05) is 26.0 Å². The van der Waals surface area contributed by atoms with Gasteiger partial charge in [0.15, 0.2) is 5.78 Å². The highest BCUT2D eigenvalue weighted by Gasteiger charge is 2.53. The normalized spacial score (nSPS) is 38.7. The number of aliphatic hydroxyl groups excluding tert-OH is 2. The third-order valence-corrected chi connectivity index (χ3v) is 14.8. The van der Waals surface area contributed by atoms with Crippen molar-refractivity contribution in [3.63, 3.8) is 0 Å². The number of cyclic esters (lactones) is 1. The number of fused-ring (bicyclic) bond motifs is 3. The molecule has 17 heteroatoms. The summed E-state index contributed by atoms with van der Waals surface area (Å²) in [6.45, 7) is 12.3. The summed E-state index contributed by atoms with van der Waals surface area (Å²) < 4.78 is 23.5. The van der Waals surface area contributed by atoms with Crippen LogP contribution in [0.5, 0.6) is 0 Å². The molecule has 4 rings (SSSR count). The molecular weight excluding hydrogens is 893 g/mol. The number of aliphatic hydroxyl groups is 3. The molecule has 17 nitrogen and oxygen atoms in total. The predicted molar refractivity (Wildman–Crippen MR) is 253 cm³/mol. The highest BCUT2D eigenvalue weighted by Crippen LogP contribution is 2.39. The van der Waals surface area contributed by atoms with Gasteiger partial charge in [-0.1, -0.05) is 71.1 Å². The highest BCUT2D eigenvalue weighted by atomic mass is 16.9. The molecule has 1 saturated carbocycles. The first-order valence-electron chi connectivity index (χ1n) is 24.8. The van der Waals surface area contributed by atoms with Crippen LogP contribution < -0.4 is 0 Å². The lowest BCUT2D eigenvalue weighted by Gasteiger charge is -2.42. The molecule has 0 aromatic heterocycles. The van der Waals surface area contributed by atoms with Crippen molar-refractivity contribution in [3.05, 3.63) is 47.6 Å². The lowest BCUT2D eigenvalue weighted by Crippen LogP contribution is -2.61. The molecule has 3 aliphatic heterocycles. The Morgan fingerprint density at radius 2 is 1.62 bits per heavy atom. The summed E-state index contributed by atoms with van der Waals surface area (Å²) >= 11 is 0. The van der Waals surface area contributed by atoms with Crippen LogP contribution in [0.1, 0.15) is 126 Å². The fourth-order valence-electron chi connectivity index (χ4n) is 10.3. The number of hydroxylamine groups is 2. The van der Waals surface area contributed by atoms with E-state index in [2.05, 4.69) is 0 Å². The molecule has 2 saturated heterocycles. The lowest BCUT2D eigenvalue weighted by atomic mass is 9.75. The molecule has 1 aliphatic carbocycles. The molecule has 2 bridgehead atoms. The zero-order chi connectivity index (χ0) is 51.3. The van der Waals surface area contributed by atoms with Gasteiger partial charge in [0.1, 0.15) is 30.1 Å². The van der Waals surface area contributed by atoms with Gasteiger partial charge >= 0.3 is 11.9 Å². The molecule has 3 heterocycles. The molecule has 388 valence electrons. The minimum atomic E-state index is -2.51. The highest BCUT2D eigenvalue weighted by molar-refractivity contribution is 6.39. The van der Waals surface area contributed by atoms with Crippen molar-refractivity contribution in [1.82, 2.24) is 10.1 Å². The molecule has 0 radical (unpaired) electrons. The second-order valence-corrected chi connectivity index (χ2v) is 20.3. The minimum Gasteiger partial charge on any atom is -0.460 e. The number of rotatable bonds is 7. The van der Waals surface area contributed by atoms with Crippen LogP contribution >= 0.6 is 0 Å². The third kappa shape index (κ3) is 15.5. The number of nitrogens with zero attached hydrogens (tertiary/aromatic N) is 2. The van der Waals surface area contributed by atoms with Gasteiger partial charge in [0.05, 0.1) is 31.3 Å². The molecule has 0 aromatic rings. The van der Waals surface area contributed by atoms with Crippen molar-refractivity contribution in [3.8, 4) is 0 Å². The molecular formula is C52H80N2O15. The van der Waals surface area contributed by atoms with Crippen LogP contribution in [0.2, 0.25) is 0 Å². The van der Waals surface area contributed by atoms with Gasteiger partial charge in [-0.25, -0.2) is 9.59 Å². The van der Waals surface area contributed by atoms with Gasteiger partial charge in [-0.3, -0.25) is 24.4 Å². The van der Waals surface area contributed by atoms with E-state index < -0.39 is 102 Å². The zero-order valence-electron chi connectivity index (χ0n) is 42.4. The Morgan fingerprint density at radius 1 is 0.913 bits per heavy atom. The maximum atomic E-state index is 14.4. The second-order valence-electron chi connectivity index (χ2n) is 20.3. The van der Waals surface area contributed by atoms with Gasteiger partial charge in [-0.15, -0.1) is 0 Å². The van der Waals surface area contributed by atoms with Crippen molar-refractivity contribution in [2.75, 3.05) is 27.8 Å². The number of methoxy groups -OCH3 is 2. The number of amides is 1. The molecule has 69 heavy (non-hydrogen) atoms. The first-order chi connectivity index (χ1) is 32.5. The fourth-order valence-corrected chi connectivity index (χ4v) is 10.3. The molecule has 0 aromatic carbocycles. The monoisotopic (exact) mass is 973 g/mol. The van der Waals surface area contributed by atoms with E-state index in [1.165, 1.54) is 21.3 Å². The van der Waals surface area contributed by atoms with Crippen LogP contribution in [0.15, 0.2) is 47.6 Å². The van der Waals surface area contributed by atoms with Gasteiger partial charge < -0.3 is 44.0 Å². The molecule has 4 N–H and O–H groups in total. The number of carbonyl (C=O) groups excluding carboxylic acids is 6. The summed E-state index contributed by atoms with van der Waals surface area (Å²) in [7, 11) is 4.03. The average molecular weight is 973 g/mol.